The van der Waals surface area contributed by atoms with E-state index in [1.807, 2.05) is 0 Å². The third kappa shape index (κ3) is 3.64. The maximum atomic E-state index is 11.6. The predicted octanol–water partition coefficient (Wildman–Crippen LogP) is 0.217. The van der Waals surface area contributed by atoms with Gasteiger partial charge in [-0.3, -0.25) is 0 Å². The monoisotopic (exact) mass is 227 g/mol. The van der Waals surface area contributed by atoms with Gasteiger partial charge in [0.2, 0.25) is 0 Å². The van der Waals surface area contributed by atoms with Gasteiger partial charge in [-0.2, -0.15) is 0 Å². The first-order valence-electron chi connectivity index (χ1n) is 6.20. The van der Waals surface area contributed by atoms with Crippen LogP contribution >= 0.6 is 0 Å². The van der Waals surface area contributed by atoms with Crippen molar-refractivity contribution < 1.29 is 9.53 Å². The number of nitrogens with one attached hydrogen (secondary N) is 3. The fourth-order valence-electron chi connectivity index (χ4n) is 2.23. The van der Waals surface area contributed by atoms with Gasteiger partial charge in [-0.15, -0.1) is 0 Å². The molecule has 0 radical (unpaired) electrons. The van der Waals surface area contributed by atoms with Crippen molar-refractivity contribution in [2.45, 2.75) is 37.8 Å². The summed E-state index contributed by atoms with van der Waals surface area (Å²) in [5.41, 5.74) is 0. The SMILES string of the molecule is O=C(NCC1CCCN1)NC1CCOCC1. The van der Waals surface area contributed by atoms with Crippen LogP contribution in [0.3, 0.4) is 0 Å². The Hall–Kier alpha value is -0.810. The van der Waals surface area contributed by atoms with Gasteiger partial charge in [0.05, 0.1) is 0 Å². The Labute approximate surface area is 96.3 Å². The zero-order valence-corrected chi connectivity index (χ0v) is 9.63. The standard InChI is InChI=1S/C11H21N3O2/c15-11(13-8-10-2-1-5-12-10)14-9-3-6-16-7-4-9/h9-10,12H,1-8H2,(H2,13,14,15). The number of ether oxygens (including phenoxy) is 1. The molecule has 92 valence electrons. The topological polar surface area (TPSA) is 62.4 Å². The second kappa shape index (κ2) is 6.06. The van der Waals surface area contributed by atoms with E-state index in [0.29, 0.717) is 6.04 Å². The molecule has 0 aromatic rings. The summed E-state index contributed by atoms with van der Waals surface area (Å²) in [5, 5.41) is 9.26. The number of carbonyl (C=O) groups is 1. The number of rotatable bonds is 3. The van der Waals surface area contributed by atoms with Crippen molar-refractivity contribution in [2.75, 3.05) is 26.3 Å². The van der Waals surface area contributed by atoms with Gasteiger partial charge in [-0.1, -0.05) is 0 Å². The van der Waals surface area contributed by atoms with Gasteiger partial charge < -0.3 is 20.7 Å². The van der Waals surface area contributed by atoms with E-state index in [9.17, 15) is 4.79 Å². The molecule has 0 aromatic carbocycles. The van der Waals surface area contributed by atoms with Gasteiger partial charge in [-0.25, -0.2) is 4.79 Å². The highest BCUT2D eigenvalue weighted by atomic mass is 16.5. The first-order valence-corrected chi connectivity index (χ1v) is 6.20. The van der Waals surface area contributed by atoms with E-state index in [4.69, 9.17) is 4.74 Å². The van der Waals surface area contributed by atoms with Gasteiger partial charge in [0, 0.05) is 31.8 Å². The van der Waals surface area contributed by atoms with Crippen LogP contribution in [0.5, 0.6) is 0 Å². The molecule has 2 saturated heterocycles. The number of hydrogen-bond acceptors (Lipinski definition) is 3. The van der Waals surface area contributed by atoms with Crippen molar-refractivity contribution in [3.63, 3.8) is 0 Å². The van der Waals surface area contributed by atoms with E-state index in [1.165, 1.54) is 6.42 Å². The highest BCUT2D eigenvalue weighted by Crippen LogP contribution is 2.06. The molecule has 1 unspecified atom stereocenters. The maximum absolute atomic E-state index is 11.6. The van der Waals surface area contributed by atoms with Gasteiger partial charge >= 0.3 is 6.03 Å². The van der Waals surface area contributed by atoms with Crippen LogP contribution in [0.1, 0.15) is 25.7 Å². The van der Waals surface area contributed by atoms with E-state index in [2.05, 4.69) is 16.0 Å². The molecule has 0 saturated carbocycles. The fraction of sp³-hybridized carbons (Fsp3) is 0.909. The summed E-state index contributed by atoms with van der Waals surface area (Å²) in [7, 11) is 0. The lowest BCUT2D eigenvalue weighted by molar-refractivity contribution is 0.0800. The molecule has 2 aliphatic heterocycles. The molecule has 0 aliphatic carbocycles. The number of hydrogen-bond donors (Lipinski definition) is 3. The molecule has 0 bridgehead atoms. The van der Waals surface area contributed by atoms with Crippen LogP contribution in [0.4, 0.5) is 4.79 Å². The minimum atomic E-state index is -0.0411. The summed E-state index contributed by atoms with van der Waals surface area (Å²) in [6.45, 7) is 3.33. The van der Waals surface area contributed by atoms with E-state index >= 15 is 0 Å². The zero-order valence-electron chi connectivity index (χ0n) is 9.63. The molecule has 0 aromatic heterocycles. The third-order valence-electron chi connectivity index (χ3n) is 3.23. The summed E-state index contributed by atoms with van der Waals surface area (Å²) in [4.78, 5) is 11.6. The van der Waals surface area contributed by atoms with Crippen molar-refractivity contribution in [2.24, 2.45) is 0 Å². The summed E-state index contributed by atoms with van der Waals surface area (Å²) in [5.74, 6) is 0. The Balaban J connectivity index is 1.59. The van der Waals surface area contributed by atoms with E-state index < -0.39 is 0 Å². The van der Waals surface area contributed by atoms with Crippen LogP contribution in [-0.4, -0.2) is 44.4 Å². The van der Waals surface area contributed by atoms with Crippen molar-refractivity contribution in [3.8, 4) is 0 Å². The van der Waals surface area contributed by atoms with E-state index in [0.717, 1.165) is 45.6 Å². The minimum Gasteiger partial charge on any atom is -0.381 e. The molecule has 3 N–H and O–H groups in total. The molecule has 1 atom stereocenters. The first-order chi connectivity index (χ1) is 7.84. The van der Waals surface area contributed by atoms with Crippen LogP contribution in [-0.2, 0) is 4.74 Å². The van der Waals surface area contributed by atoms with Gasteiger partial charge in [0.15, 0.2) is 0 Å². The number of amides is 2. The molecule has 2 amide bonds. The van der Waals surface area contributed by atoms with Gasteiger partial charge in [0.1, 0.15) is 0 Å². The van der Waals surface area contributed by atoms with Crippen molar-refractivity contribution in [3.05, 3.63) is 0 Å². The zero-order chi connectivity index (χ0) is 11.2. The summed E-state index contributed by atoms with van der Waals surface area (Å²) < 4.78 is 5.24. The number of urea groups is 1. The molecule has 5 nitrogen and oxygen atoms in total. The van der Waals surface area contributed by atoms with Gasteiger partial charge in [0.25, 0.3) is 0 Å². The summed E-state index contributed by atoms with van der Waals surface area (Å²) in [6.07, 6.45) is 4.23. The summed E-state index contributed by atoms with van der Waals surface area (Å²) in [6, 6.07) is 0.700. The molecular formula is C11H21N3O2. The highest BCUT2D eigenvalue weighted by Gasteiger charge is 2.18. The Bertz CT molecular complexity index is 223. The Morgan fingerprint density at radius 3 is 2.81 bits per heavy atom. The average Bonchev–Trinajstić information content (AvgIpc) is 2.81. The largest absolute Gasteiger partial charge is 0.381 e. The first kappa shape index (κ1) is 11.7. The lowest BCUT2D eigenvalue weighted by Gasteiger charge is -2.23. The normalized spacial score (nSPS) is 26.6. The maximum Gasteiger partial charge on any atom is 0.315 e. The molecule has 2 fully saturated rings. The van der Waals surface area contributed by atoms with E-state index in [1.54, 1.807) is 0 Å². The third-order valence-corrected chi connectivity index (χ3v) is 3.23. The van der Waals surface area contributed by atoms with Crippen molar-refractivity contribution in [1.82, 2.24) is 16.0 Å². The Morgan fingerprint density at radius 2 is 2.12 bits per heavy atom. The smallest absolute Gasteiger partial charge is 0.315 e. The van der Waals surface area contributed by atoms with Crippen LogP contribution in [0, 0.1) is 0 Å². The van der Waals surface area contributed by atoms with Gasteiger partial charge in [-0.05, 0) is 32.2 Å². The predicted molar refractivity (Wildman–Crippen MR) is 61.4 cm³/mol. The van der Waals surface area contributed by atoms with Crippen molar-refractivity contribution in [1.29, 1.82) is 0 Å². The highest BCUT2D eigenvalue weighted by molar-refractivity contribution is 5.74. The van der Waals surface area contributed by atoms with Crippen LogP contribution in [0.2, 0.25) is 0 Å². The molecular weight excluding hydrogens is 206 g/mol. The van der Waals surface area contributed by atoms with E-state index in [-0.39, 0.29) is 12.1 Å². The molecule has 16 heavy (non-hydrogen) atoms. The fourth-order valence-corrected chi connectivity index (χ4v) is 2.23. The number of carbonyl (C=O) groups excluding carboxylic acids is 1. The molecule has 0 spiro atoms. The average molecular weight is 227 g/mol. The van der Waals surface area contributed by atoms with Crippen LogP contribution in [0.15, 0.2) is 0 Å². The molecule has 5 heteroatoms. The Kier molecular flexibility index (Phi) is 4.42. The second-order valence-electron chi connectivity index (χ2n) is 4.53. The quantitative estimate of drug-likeness (QED) is 0.646. The lowest BCUT2D eigenvalue weighted by Crippen LogP contribution is -2.47. The minimum absolute atomic E-state index is 0.0411. The molecule has 2 rings (SSSR count). The van der Waals surface area contributed by atoms with Crippen LogP contribution < -0.4 is 16.0 Å². The van der Waals surface area contributed by atoms with Crippen LogP contribution in [0.25, 0.3) is 0 Å². The second-order valence-corrected chi connectivity index (χ2v) is 4.53. The van der Waals surface area contributed by atoms with Crippen molar-refractivity contribution >= 4 is 6.03 Å². The molecule has 2 heterocycles. The lowest BCUT2D eigenvalue weighted by atomic mass is 10.1. The molecule has 2 aliphatic rings. The Morgan fingerprint density at radius 1 is 1.31 bits per heavy atom. The summed E-state index contributed by atoms with van der Waals surface area (Å²) >= 11 is 0.